The molecule has 1 aromatic carbocycles. The maximum Gasteiger partial charge on any atom is 0.145 e. The topological polar surface area (TPSA) is 24.9 Å². The van der Waals surface area contributed by atoms with Crippen LogP contribution >= 0.6 is 22.9 Å². The van der Waals surface area contributed by atoms with E-state index in [1.165, 1.54) is 4.88 Å². The van der Waals surface area contributed by atoms with Gasteiger partial charge < -0.3 is 5.32 Å². The lowest BCUT2D eigenvalue weighted by Gasteiger charge is -2.02. The van der Waals surface area contributed by atoms with Crippen LogP contribution in [0.15, 0.2) is 18.2 Å². The van der Waals surface area contributed by atoms with E-state index < -0.39 is 0 Å². The van der Waals surface area contributed by atoms with Gasteiger partial charge in [-0.1, -0.05) is 37.6 Å². The van der Waals surface area contributed by atoms with Crippen LogP contribution in [-0.4, -0.2) is 11.5 Å². The summed E-state index contributed by atoms with van der Waals surface area (Å²) < 4.78 is 14.0. The predicted octanol–water partition coefficient (Wildman–Crippen LogP) is 4.59. The highest BCUT2D eigenvalue weighted by molar-refractivity contribution is 7.11. The number of hydrogen-bond acceptors (Lipinski definition) is 3. The molecule has 0 aliphatic carbocycles. The van der Waals surface area contributed by atoms with Crippen molar-refractivity contribution in [1.82, 2.24) is 10.3 Å². The maximum atomic E-state index is 14.0. The lowest BCUT2D eigenvalue weighted by molar-refractivity contribution is 0.614. The Balaban J connectivity index is 2.15. The smallest absolute Gasteiger partial charge is 0.145 e. The number of rotatable bonds is 7. The highest BCUT2D eigenvalue weighted by Gasteiger charge is 2.13. The Bertz CT molecular complexity index is 598. The van der Waals surface area contributed by atoms with Crippen molar-refractivity contribution in [3.8, 4) is 0 Å². The Morgan fingerprint density at radius 1 is 1.33 bits per heavy atom. The summed E-state index contributed by atoms with van der Waals surface area (Å²) in [4.78, 5) is 5.90. The summed E-state index contributed by atoms with van der Waals surface area (Å²) in [5.41, 5.74) is 1.72. The molecule has 2 rings (SSSR count). The van der Waals surface area contributed by atoms with E-state index in [0.29, 0.717) is 12.0 Å². The Morgan fingerprint density at radius 2 is 2.14 bits per heavy atom. The van der Waals surface area contributed by atoms with Gasteiger partial charge in [-0.25, -0.2) is 9.37 Å². The molecule has 0 radical (unpaired) electrons. The third-order valence-corrected chi connectivity index (χ3v) is 4.63. The minimum Gasteiger partial charge on any atom is -0.312 e. The number of hydrogen-bond donors (Lipinski definition) is 1. The number of aryl methyl sites for hydroxylation is 1. The molecule has 5 heteroatoms. The molecule has 0 bridgehead atoms. The molecular formula is C16H20ClFN2S. The summed E-state index contributed by atoms with van der Waals surface area (Å²) in [6.45, 7) is 6.09. The van der Waals surface area contributed by atoms with E-state index in [9.17, 15) is 4.39 Å². The molecule has 0 fully saturated rings. The average molecular weight is 327 g/mol. The number of nitrogens with one attached hydrogen (secondary N) is 1. The predicted molar refractivity (Wildman–Crippen MR) is 87.7 cm³/mol. The SMILES string of the molecule is CCCNCc1sc(Cc2cccc(Cl)c2F)nc1CC. The molecule has 0 aliphatic heterocycles. The zero-order valence-electron chi connectivity index (χ0n) is 12.4. The second-order valence-electron chi connectivity index (χ2n) is 4.90. The van der Waals surface area contributed by atoms with Gasteiger partial charge in [-0.05, 0) is 31.0 Å². The molecule has 0 amide bonds. The van der Waals surface area contributed by atoms with Gasteiger partial charge in [0, 0.05) is 17.8 Å². The fourth-order valence-electron chi connectivity index (χ4n) is 2.15. The van der Waals surface area contributed by atoms with Crippen LogP contribution in [0.3, 0.4) is 0 Å². The van der Waals surface area contributed by atoms with Crippen molar-refractivity contribution in [3.05, 3.63) is 50.2 Å². The monoisotopic (exact) mass is 326 g/mol. The van der Waals surface area contributed by atoms with Crippen LogP contribution in [0.5, 0.6) is 0 Å². The zero-order chi connectivity index (χ0) is 15.2. The van der Waals surface area contributed by atoms with E-state index in [4.69, 9.17) is 11.6 Å². The van der Waals surface area contributed by atoms with Crippen LogP contribution < -0.4 is 5.32 Å². The fourth-order valence-corrected chi connectivity index (χ4v) is 3.50. The Kier molecular flexibility index (Phi) is 6.15. The second-order valence-corrected chi connectivity index (χ2v) is 6.47. The molecule has 1 heterocycles. The number of aromatic nitrogens is 1. The van der Waals surface area contributed by atoms with E-state index in [2.05, 4.69) is 24.1 Å². The van der Waals surface area contributed by atoms with Crippen LogP contribution in [-0.2, 0) is 19.4 Å². The van der Waals surface area contributed by atoms with Crippen LogP contribution in [0.4, 0.5) is 4.39 Å². The minimum atomic E-state index is -0.335. The summed E-state index contributed by atoms with van der Waals surface area (Å²) in [5.74, 6) is -0.335. The molecule has 21 heavy (non-hydrogen) atoms. The Hall–Kier alpha value is -0.970. The van der Waals surface area contributed by atoms with Gasteiger partial charge in [0.05, 0.1) is 15.7 Å². The molecular weight excluding hydrogens is 307 g/mol. The highest BCUT2D eigenvalue weighted by atomic mass is 35.5. The quantitative estimate of drug-likeness (QED) is 0.753. The van der Waals surface area contributed by atoms with Gasteiger partial charge in [0.15, 0.2) is 0 Å². The number of thiazole rings is 1. The lowest BCUT2D eigenvalue weighted by atomic mass is 10.1. The first-order valence-electron chi connectivity index (χ1n) is 7.26. The Morgan fingerprint density at radius 3 is 2.86 bits per heavy atom. The van der Waals surface area contributed by atoms with Crippen LogP contribution in [0, 0.1) is 5.82 Å². The third-order valence-electron chi connectivity index (χ3n) is 3.24. The van der Waals surface area contributed by atoms with Crippen molar-refractivity contribution in [3.63, 3.8) is 0 Å². The zero-order valence-corrected chi connectivity index (χ0v) is 14.0. The summed E-state index contributed by atoms with van der Waals surface area (Å²) in [6, 6.07) is 5.11. The number of halogens is 2. The average Bonchev–Trinajstić information content (AvgIpc) is 2.86. The standard InChI is InChI=1S/C16H20ClFN2S/c1-3-8-19-10-14-13(4-2)20-15(21-14)9-11-6-5-7-12(17)16(11)18/h5-7,19H,3-4,8-10H2,1-2H3. The molecule has 0 saturated heterocycles. The van der Waals surface area contributed by atoms with Gasteiger partial charge in [0.25, 0.3) is 0 Å². The van der Waals surface area contributed by atoms with Crippen LogP contribution in [0.25, 0.3) is 0 Å². The van der Waals surface area contributed by atoms with E-state index in [0.717, 1.165) is 36.6 Å². The fraction of sp³-hybridized carbons (Fsp3) is 0.438. The second kappa shape index (κ2) is 7.87. The molecule has 0 aliphatic rings. The van der Waals surface area contributed by atoms with Gasteiger partial charge in [-0.15, -0.1) is 11.3 Å². The van der Waals surface area contributed by atoms with E-state index in [1.54, 1.807) is 29.5 Å². The minimum absolute atomic E-state index is 0.171. The van der Waals surface area contributed by atoms with Gasteiger partial charge in [-0.3, -0.25) is 0 Å². The van der Waals surface area contributed by atoms with E-state index >= 15 is 0 Å². The van der Waals surface area contributed by atoms with E-state index in [-0.39, 0.29) is 10.8 Å². The van der Waals surface area contributed by atoms with Crippen molar-refractivity contribution in [2.45, 2.75) is 39.7 Å². The third kappa shape index (κ3) is 4.25. The van der Waals surface area contributed by atoms with Gasteiger partial charge in [0.2, 0.25) is 0 Å². The van der Waals surface area contributed by atoms with Crippen molar-refractivity contribution in [2.75, 3.05) is 6.54 Å². The number of benzene rings is 1. The number of nitrogens with zero attached hydrogens (tertiary/aromatic N) is 1. The molecule has 0 unspecified atom stereocenters. The molecule has 2 nitrogen and oxygen atoms in total. The van der Waals surface area contributed by atoms with E-state index in [1.807, 2.05) is 0 Å². The molecule has 2 aromatic rings. The van der Waals surface area contributed by atoms with Gasteiger partial charge in [0.1, 0.15) is 5.82 Å². The first kappa shape index (κ1) is 16.4. The lowest BCUT2D eigenvalue weighted by Crippen LogP contribution is -2.13. The largest absolute Gasteiger partial charge is 0.312 e. The van der Waals surface area contributed by atoms with Crippen molar-refractivity contribution in [2.24, 2.45) is 0 Å². The van der Waals surface area contributed by atoms with Crippen LogP contribution in [0.1, 0.15) is 41.4 Å². The summed E-state index contributed by atoms with van der Waals surface area (Å²) in [6.07, 6.45) is 2.51. The summed E-state index contributed by atoms with van der Waals surface area (Å²) in [7, 11) is 0. The molecule has 114 valence electrons. The highest BCUT2D eigenvalue weighted by Crippen LogP contribution is 2.25. The molecule has 0 atom stereocenters. The first-order valence-corrected chi connectivity index (χ1v) is 8.46. The summed E-state index contributed by atoms with van der Waals surface area (Å²) in [5, 5.41) is 4.52. The van der Waals surface area contributed by atoms with Crippen LogP contribution in [0.2, 0.25) is 5.02 Å². The molecule has 0 saturated carbocycles. The normalized spacial score (nSPS) is 11.0. The molecule has 1 aromatic heterocycles. The first-order chi connectivity index (χ1) is 10.2. The van der Waals surface area contributed by atoms with Crippen molar-refractivity contribution in [1.29, 1.82) is 0 Å². The maximum absolute atomic E-state index is 14.0. The van der Waals surface area contributed by atoms with Gasteiger partial charge >= 0.3 is 0 Å². The molecule has 0 spiro atoms. The molecule has 1 N–H and O–H groups in total. The summed E-state index contributed by atoms with van der Waals surface area (Å²) >= 11 is 7.49. The van der Waals surface area contributed by atoms with Crippen molar-refractivity contribution >= 4 is 22.9 Å². The van der Waals surface area contributed by atoms with Gasteiger partial charge in [-0.2, -0.15) is 0 Å². The van der Waals surface area contributed by atoms with Crippen molar-refractivity contribution < 1.29 is 4.39 Å². The Labute approximate surface area is 134 Å².